The first kappa shape index (κ1) is 16.9. The van der Waals surface area contributed by atoms with Gasteiger partial charge in [-0.1, -0.05) is 29.8 Å². The average molecular weight is 335 g/mol. The van der Waals surface area contributed by atoms with Gasteiger partial charge in [-0.15, -0.1) is 0 Å². The number of nitrogens with two attached hydrogens (primary N) is 2. The van der Waals surface area contributed by atoms with Gasteiger partial charge in [0.15, 0.2) is 0 Å². The molecule has 5 heteroatoms. The van der Waals surface area contributed by atoms with E-state index in [0.29, 0.717) is 11.1 Å². The van der Waals surface area contributed by atoms with Gasteiger partial charge in [0.2, 0.25) is 11.8 Å². The highest BCUT2D eigenvalue weighted by atomic mass is 16.1. The molecule has 1 saturated heterocycles. The van der Waals surface area contributed by atoms with Crippen LogP contribution < -0.4 is 16.8 Å². The van der Waals surface area contributed by atoms with Crippen LogP contribution in [0.1, 0.15) is 44.7 Å². The van der Waals surface area contributed by atoms with E-state index in [1.807, 2.05) is 30.3 Å². The quantitative estimate of drug-likeness (QED) is 0.797. The third-order valence-electron chi connectivity index (χ3n) is 4.45. The predicted octanol–water partition coefficient (Wildman–Crippen LogP) is 2.07. The van der Waals surface area contributed by atoms with Crippen LogP contribution in [0.25, 0.3) is 5.57 Å². The van der Waals surface area contributed by atoms with Crippen molar-refractivity contribution in [3.8, 4) is 0 Å². The Morgan fingerprint density at radius 3 is 1.92 bits per heavy atom. The lowest BCUT2D eigenvalue weighted by Crippen LogP contribution is -2.24. The van der Waals surface area contributed by atoms with Gasteiger partial charge >= 0.3 is 0 Å². The van der Waals surface area contributed by atoms with E-state index in [2.05, 4.69) is 5.32 Å². The zero-order valence-electron chi connectivity index (χ0n) is 13.9. The molecule has 0 aliphatic carbocycles. The summed E-state index contributed by atoms with van der Waals surface area (Å²) < 4.78 is 0. The molecule has 2 aromatic rings. The van der Waals surface area contributed by atoms with Crippen molar-refractivity contribution in [2.24, 2.45) is 11.5 Å². The van der Waals surface area contributed by atoms with Gasteiger partial charge in [0.25, 0.3) is 0 Å². The Kier molecular flexibility index (Phi) is 4.95. The number of hydrogen-bond acceptors (Lipinski definition) is 3. The first-order valence-electron chi connectivity index (χ1n) is 8.29. The van der Waals surface area contributed by atoms with Crippen LogP contribution in [0.3, 0.4) is 0 Å². The Balaban J connectivity index is 2.12. The molecule has 1 heterocycles. The van der Waals surface area contributed by atoms with Crippen LogP contribution in [0.5, 0.6) is 0 Å². The van der Waals surface area contributed by atoms with Gasteiger partial charge in [0.1, 0.15) is 0 Å². The summed E-state index contributed by atoms with van der Waals surface area (Å²) in [6.45, 7) is 1.85. The van der Waals surface area contributed by atoms with Crippen molar-refractivity contribution in [2.45, 2.75) is 12.8 Å². The topological polar surface area (TPSA) is 98.2 Å². The van der Waals surface area contributed by atoms with E-state index in [1.165, 1.54) is 5.57 Å². The molecule has 25 heavy (non-hydrogen) atoms. The molecule has 0 radical (unpaired) electrons. The molecule has 2 aromatic carbocycles. The lowest BCUT2D eigenvalue weighted by atomic mass is 9.88. The molecule has 5 N–H and O–H groups in total. The lowest BCUT2D eigenvalue weighted by molar-refractivity contribution is 0.0992. The van der Waals surface area contributed by atoms with Crippen molar-refractivity contribution in [2.75, 3.05) is 13.1 Å². The highest BCUT2D eigenvalue weighted by Gasteiger charge is 2.16. The normalized spacial score (nSPS) is 14.2. The maximum atomic E-state index is 11.6. The monoisotopic (exact) mass is 335 g/mol. The van der Waals surface area contributed by atoms with Crippen molar-refractivity contribution in [3.63, 3.8) is 0 Å². The summed E-state index contributed by atoms with van der Waals surface area (Å²) in [7, 11) is 0. The molecule has 0 spiro atoms. The summed E-state index contributed by atoms with van der Waals surface area (Å²) in [5, 5.41) is 3.36. The van der Waals surface area contributed by atoms with Crippen molar-refractivity contribution in [1.29, 1.82) is 0 Å². The summed E-state index contributed by atoms with van der Waals surface area (Å²) >= 11 is 0. The Bertz CT molecular complexity index is 830. The van der Waals surface area contributed by atoms with Gasteiger partial charge < -0.3 is 16.8 Å². The maximum absolute atomic E-state index is 11.6. The highest BCUT2D eigenvalue weighted by molar-refractivity contribution is 5.95. The van der Waals surface area contributed by atoms with E-state index in [-0.39, 0.29) is 0 Å². The Morgan fingerprint density at radius 1 is 0.760 bits per heavy atom. The minimum Gasteiger partial charge on any atom is -0.366 e. The zero-order chi connectivity index (χ0) is 17.8. The van der Waals surface area contributed by atoms with E-state index in [4.69, 9.17) is 11.5 Å². The van der Waals surface area contributed by atoms with Crippen LogP contribution in [0.2, 0.25) is 0 Å². The van der Waals surface area contributed by atoms with Gasteiger partial charge in [-0.25, -0.2) is 0 Å². The molecule has 0 bridgehead atoms. The number of carbonyl (C=O) groups is 2. The first-order chi connectivity index (χ1) is 12.1. The molecular formula is C20H21N3O2. The molecule has 2 amide bonds. The van der Waals surface area contributed by atoms with Crippen LogP contribution in [0, 0.1) is 0 Å². The van der Waals surface area contributed by atoms with E-state index in [1.54, 1.807) is 18.2 Å². The van der Waals surface area contributed by atoms with Crippen LogP contribution in [-0.4, -0.2) is 24.9 Å². The summed E-state index contributed by atoms with van der Waals surface area (Å²) in [6.07, 6.45) is 1.88. The third kappa shape index (κ3) is 3.78. The number of rotatable bonds is 4. The molecule has 1 fully saturated rings. The van der Waals surface area contributed by atoms with Crippen molar-refractivity contribution in [1.82, 2.24) is 5.32 Å². The Hall–Kier alpha value is -2.92. The second-order valence-corrected chi connectivity index (χ2v) is 6.12. The fourth-order valence-corrected chi connectivity index (χ4v) is 3.18. The van der Waals surface area contributed by atoms with Gasteiger partial charge in [0.05, 0.1) is 0 Å². The number of piperidine rings is 1. The van der Waals surface area contributed by atoms with E-state index in [0.717, 1.165) is 42.6 Å². The van der Waals surface area contributed by atoms with Gasteiger partial charge in [-0.2, -0.15) is 0 Å². The summed E-state index contributed by atoms with van der Waals surface area (Å²) in [5.74, 6) is -0.890. The zero-order valence-corrected chi connectivity index (χ0v) is 13.9. The summed E-state index contributed by atoms with van der Waals surface area (Å²) in [4.78, 5) is 22.9. The van der Waals surface area contributed by atoms with Crippen LogP contribution in [0.15, 0.2) is 54.1 Å². The fraction of sp³-hybridized carbons (Fsp3) is 0.200. The minimum atomic E-state index is -0.446. The van der Waals surface area contributed by atoms with Crippen LogP contribution >= 0.6 is 0 Å². The molecule has 1 aliphatic rings. The fourth-order valence-electron chi connectivity index (χ4n) is 3.18. The predicted molar refractivity (Wildman–Crippen MR) is 98.0 cm³/mol. The van der Waals surface area contributed by atoms with E-state index >= 15 is 0 Å². The largest absolute Gasteiger partial charge is 0.366 e. The average Bonchev–Trinajstić information content (AvgIpc) is 2.63. The second kappa shape index (κ2) is 7.32. The number of amides is 2. The third-order valence-corrected chi connectivity index (χ3v) is 4.45. The molecule has 5 nitrogen and oxygen atoms in total. The van der Waals surface area contributed by atoms with Gasteiger partial charge in [0, 0.05) is 11.1 Å². The first-order valence-corrected chi connectivity index (χ1v) is 8.29. The highest BCUT2D eigenvalue weighted by Crippen LogP contribution is 2.31. The smallest absolute Gasteiger partial charge is 0.248 e. The molecule has 0 atom stereocenters. The minimum absolute atomic E-state index is 0.444. The lowest BCUT2D eigenvalue weighted by Gasteiger charge is -2.21. The van der Waals surface area contributed by atoms with Crippen molar-refractivity contribution < 1.29 is 9.59 Å². The molecular weight excluding hydrogens is 314 g/mol. The maximum Gasteiger partial charge on any atom is 0.248 e. The van der Waals surface area contributed by atoms with Crippen LogP contribution in [-0.2, 0) is 0 Å². The Labute approximate surface area is 146 Å². The standard InChI is InChI=1S/C20H21N3O2/c21-19(24)15-6-4-13(5-7-15)18(14-8-10-23-11-9-14)16-2-1-3-17(12-16)20(22)25/h1-7,12,23H,8-11H2,(H2,21,24)(H2,22,25). The van der Waals surface area contributed by atoms with Crippen molar-refractivity contribution in [3.05, 3.63) is 76.4 Å². The SMILES string of the molecule is NC(=O)c1ccc(C(=C2CCNCC2)c2cccc(C(N)=O)c2)cc1. The number of nitrogens with one attached hydrogen (secondary N) is 1. The molecule has 0 aromatic heterocycles. The number of benzene rings is 2. The van der Waals surface area contributed by atoms with Crippen molar-refractivity contribution >= 4 is 17.4 Å². The van der Waals surface area contributed by atoms with Crippen LogP contribution in [0.4, 0.5) is 0 Å². The van der Waals surface area contributed by atoms with Gasteiger partial charge in [-0.05, 0) is 66.9 Å². The van der Waals surface area contributed by atoms with Gasteiger partial charge in [-0.3, -0.25) is 9.59 Å². The van der Waals surface area contributed by atoms with E-state index in [9.17, 15) is 9.59 Å². The molecule has 3 rings (SSSR count). The summed E-state index contributed by atoms with van der Waals surface area (Å²) in [6, 6.07) is 14.6. The number of primary amides is 2. The molecule has 1 aliphatic heterocycles. The second-order valence-electron chi connectivity index (χ2n) is 6.12. The van der Waals surface area contributed by atoms with E-state index < -0.39 is 11.8 Å². The Morgan fingerprint density at radius 2 is 1.32 bits per heavy atom. The summed E-state index contributed by atoms with van der Waals surface area (Å²) in [5.41, 5.74) is 16.1. The molecule has 128 valence electrons. The molecule has 0 unspecified atom stereocenters. The number of hydrogen-bond donors (Lipinski definition) is 3. The molecule has 0 saturated carbocycles. The number of carbonyl (C=O) groups excluding carboxylic acids is 2.